The van der Waals surface area contributed by atoms with Crippen molar-refractivity contribution in [3.8, 4) is 0 Å². The summed E-state index contributed by atoms with van der Waals surface area (Å²) >= 11 is 3.33. The Kier molecular flexibility index (Phi) is 7.57. The van der Waals surface area contributed by atoms with Gasteiger partial charge in [-0.25, -0.2) is 4.39 Å². The summed E-state index contributed by atoms with van der Waals surface area (Å²) in [5, 5.41) is 3.46. The number of halogens is 2. The molecule has 0 radical (unpaired) electrons. The summed E-state index contributed by atoms with van der Waals surface area (Å²) in [5.74, 6) is -0.196. The van der Waals surface area contributed by atoms with Crippen LogP contribution in [0.5, 0.6) is 0 Å². The van der Waals surface area contributed by atoms with Crippen LogP contribution in [0.3, 0.4) is 0 Å². The number of hydrogen-bond acceptors (Lipinski definition) is 2. The minimum atomic E-state index is -0.196. The first-order valence-corrected chi connectivity index (χ1v) is 7.56. The van der Waals surface area contributed by atoms with Crippen LogP contribution in [0.4, 0.5) is 4.39 Å². The lowest BCUT2D eigenvalue weighted by Crippen LogP contribution is -2.32. The van der Waals surface area contributed by atoms with Crippen molar-refractivity contribution < 1.29 is 9.13 Å². The molecule has 2 unspecified atom stereocenters. The molecule has 0 saturated heterocycles. The van der Waals surface area contributed by atoms with Crippen LogP contribution in [0.2, 0.25) is 0 Å². The first-order valence-electron chi connectivity index (χ1n) is 6.77. The molecule has 0 saturated carbocycles. The van der Waals surface area contributed by atoms with Gasteiger partial charge in [0, 0.05) is 13.2 Å². The first-order chi connectivity index (χ1) is 9.08. The second-order valence-corrected chi connectivity index (χ2v) is 5.59. The molecule has 1 aromatic carbocycles. The van der Waals surface area contributed by atoms with Crippen LogP contribution in [0.25, 0.3) is 0 Å². The van der Waals surface area contributed by atoms with E-state index in [0.717, 1.165) is 31.4 Å². The fourth-order valence-electron chi connectivity index (χ4n) is 2.09. The van der Waals surface area contributed by atoms with Gasteiger partial charge in [-0.15, -0.1) is 0 Å². The molecule has 19 heavy (non-hydrogen) atoms. The summed E-state index contributed by atoms with van der Waals surface area (Å²) in [6.07, 6.45) is 3.10. The van der Waals surface area contributed by atoms with Crippen molar-refractivity contribution in [2.75, 3.05) is 13.7 Å². The summed E-state index contributed by atoms with van der Waals surface area (Å²) in [7, 11) is 1.73. The van der Waals surface area contributed by atoms with Gasteiger partial charge in [0.25, 0.3) is 0 Å². The highest BCUT2D eigenvalue weighted by Gasteiger charge is 2.13. The molecule has 2 atom stereocenters. The molecule has 2 nitrogen and oxygen atoms in total. The summed E-state index contributed by atoms with van der Waals surface area (Å²) in [4.78, 5) is 0. The third kappa shape index (κ3) is 5.59. The van der Waals surface area contributed by atoms with E-state index in [1.165, 1.54) is 6.07 Å². The van der Waals surface area contributed by atoms with Crippen molar-refractivity contribution >= 4 is 15.9 Å². The second kappa shape index (κ2) is 8.67. The van der Waals surface area contributed by atoms with E-state index >= 15 is 0 Å². The lowest BCUT2D eigenvalue weighted by atomic mass is 10.00. The van der Waals surface area contributed by atoms with Gasteiger partial charge in [0.15, 0.2) is 0 Å². The smallest absolute Gasteiger partial charge is 0.137 e. The highest BCUT2D eigenvalue weighted by atomic mass is 79.9. The fourth-order valence-corrected chi connectivity index (χ4v) is 2.52. The van der Waals surface area contributed by atoms with E-state index in [1.807, 2.05) is 6.07 Å². The Morgan fingerprint density at radius 3 is 2.74 bits per heavy atom. The van der Waals surface area contributed by atoms with Gasteiger partial charge in [0.2, 0.25) is 0 Å². The van der Waals surface area contributed by atoms with Crippen LogP contribution in [0, 0.1) is 5.82 Å². The maximum Gasteiger partial charge on any atom is 0.137 e. The minimum Gasteiger partial charge on any atom is -0.382 e. The second-order valence-electron chi connectivity index (χ2n) is 4.80. The van der Waals surface area contributed by atoms with Crippen molar-refractivity contribution in [2.45, 2.75) is 45.3 Å². The number of likely N-dealkylation sites (N-methyl/N-ethyl adjacent to an activating group) is 1. The largest absolute Gasteiger partial charge is 0.382 e. The highest BCUT2D eigenvalue weighted by molar-refractivity contribution is 9.10. The summed E-state index contributed by atoms with van der Waals surface area (Å²) in [5.41, 5.74) is 1.01. The van der Waals surface area contributed by atoms with Gasteiger partial charge < -0.3 is 10.1 Å². The number of methoxy groups -OCH3 is 1. The lowest BCUT2D eigenvalue weighted by Gasteiger charge is -2.20. The van der Waals surface area contributed by atoms with E-state index in [2.05, 4.69) is 35.1 Å². The zero-order chi connectivity index (χ0) is 14.3. The monoisotopic (exact) mass is 331 g/mol. The molecule has 0 spiro atoms. The molecule has 0 bridgehead atoms. The van der Waals surface area contributed by atoms with E-state index in [0.29, 0.717) is 10.5 Å². The predicted octanol–water partition coefficient (Wildman–Crippen LogP) is 3.92. The van der Waals surface area contributed by atoms with Gasteiger partial charge in [-0.05, 0) is 60.3 Å². The predicted molar refractivity (Wildman–Crippen MR) is 81.0 cm³/mol. The number of ether oxygens (including phenoxy) is 1. The van der Waals surface area contributed by atoms with Gasteiger partial charge in [-0.3, -0.25) is 0 Å². The third-order valence-corrected chi connectivity index (χ3v) is 4.20. The molecule has 1 N–H and O–H groups in total. The summed E-state index contributed by atoms with van der Waals surface area (Å²) in [6, 6.07) is 5.55. The Bertz CT molecular complexity index is 386. The molecule has 1 rings (SSSR count). The van der Waals surface area contributed by atoms with Crippen molar-refractivity contribution in [2.24, 2.45) is 0 Å². The van der Waals surface area contributed by atoms with Crippen LogP contribution in [0.1, 0.15) is 32.3 Å². The Balaban J connectivity index is 2.64. The SMILES string of the molecule is CCNC(CCC(C)OC)Cc1cccc(F)c1Br. The molecule has 0 aliphatic heterocycles. The highest BCUT2D eigenvalue weighted by Crippen LogP contribution is 2.22. The average Bonchev–Trinajstić information content (AvgIpc) is 2.41. The molecule has 0 heterocycles. The normalized spacial score (nSPS) is 14.4. The van der Waals surface area contributed by atoms with Crippen molar-refractivity contribution in [1.82, 2.24) is 5.32 Å². The zero-order valence-electron chi connectivity index (χ0n) is 11.9. The first kappa shape index (κ1) is 16.6. The minimum absolute atomic E-state index is 0.196. The van der Waals surface area contributed by atoms with Crippen LogP contribution < -0.4 is 5.32 Å². The summed E-state index contributed by atoms with van der Waals surface area (Å²) in [6.45, 7) is 5.08. The van der Waals surface area contributed by atoms with Crippen LogP contribution in [0.15, 0.2) is 22.7 Å². The molecule has 1 aromatic rings. The maximum atomic E-state index is 13.5. The molecule has 0 fully saturated rings. The molecule has 0 aromatic heterocycles. The number of benzene rings is 1. The van der Waals surface area contributed by atoms with Gasteiger partial charge in [-0.2, -0.15) is 0 Å². The zero-order valence-corrected chi connectivity index (χ0v) is 13.5. The van der Waals surface area contributed by atoms with E-state index in [9.17, 15) is 4.39 Å². The fraction of sp³-hybridized carbons (Fsp3) is 0.600. The van der Waals surface area contributed by atoms with Crippen molar-refractivity contribution in [3.63, 3.8) is 0 Å². The number of hydrogen-bond donors (Lipinski definition) is 1. The molecule has 0 amide bonds. The Morgan fingerprint density at radius 2 is 2.11 bits per heavy atom. The Labute approximate surface area is 123 Å². The molecule has 4 heteroatoms. The van der Waals surface area contributed by atoms with Gasteiger partial charge in [0.1, 0.15) is 5.82 Å². The molecule has 108 valence electrons. The lowest BCUT2D eigenvalue weighted by molar-refractivity contribution is 0.106. The van der Waals surface area contributed by atoms with Crippen molar-refractivity contribution in [1.29, 1.82) is 0 Å². The van der Waals surface area contributed by atoms with Crippen LogP contribution >= 0.6 is 15.9 Å². The van der Waals surface area contributed by atoms with E-state index in [-0.39, 0.29) is 11.9 Å². The summed E-state index contributed by atoms with van der Waals surface area (Å²) < 4.78 is 19.4. The van der Waals surface area contributed by atoms with Gasteiger partial charge >= 0.3 is 0 Å². The molecular weight excluding hydrogens is 309 g/mol. The number of nitrogens with one attached hydrogen (secondary N) is 1. The Hall–Kier alpha value is -0.450. The maximum absolute atomic E-state index is 13.5. The van der Waals surface area contributed by atoms with E-state index in [4.69, 9.17) is 4.74 Å². The topological polar surface area (TPSA) is 21.3 Å². The average molecular weight is 332 g/mol. The third-order valence-electron chi connectivity index (χ3n) is 3.31. The number of rotatable bonds is 8. The Morgan fingerprint density at radius 1 is 1.37 bits per heavy atom. The quantitative estimate of drug-likeness (QED) is 0.779. The van der Waals surface area contributed by atoms with Gasteiger partial charge in [0.05, 0.1) is 10.6 Å². The molecular formula is C15H23BrFNO. The van der Waals surface area contributed by atoms with Gasteiger partial charge in [-0.1, -0.05) is 19.1 Å². The van der Waals surface area contributed by atoms with E-state index in [1.54, 1.807) is 13.2 Å². The van der Waals surface area contributed by atoms with Crippen molar-refractivity contribution in [3.05, 3.63) is 34.1 Å². The van der Waals surface area contributed by atoms with Crippen LogP contribution in [-0.4, -0.2) is 25.8 Å². The van der Waals surface area contributed by atoms with E-state index < -0.39 is 0 Å². The van der Waals surface area contributed by atoms with Crippen LogP contribution in [-0.2, 0) is 11.2 Å². The molecule has 0 aliphatic rings. The molecule has 0 aliphatic carbocycles. The standard InChI is InChI=1S/C15H23BrFNO/c1-4-18-13(9-8-11(2)19-3)10-12-6-5-7-14(17)15(12)16/h5-7,11,13,18H,4,8-10H2,1-3H3.